The molecule has 2 heterocycles. The van der Waals surface area contributed by atoms with E-state index in [-0.39, 0.29) is 23.9 Å². The van der Waals surface area contributed by atoms with Crippen molar-refractivity contribution in [1.82, 2.24) is 10.2 Å². The fraction of sp³-hybridized carbons (Fsp3) is 0.417. The monoisotopic (exact) mass is 408 g/mol. The number of amides is 2. The lowest BCUT2D eigenvalue weighted by molar-refractivity contribution is -0.125. The second-order valence-electron chi connectivity index (χ2n) is 7.98. The average molecular weight is 408 g/mol. The molecule has 6 nitrogen and oxygen atoms in total. The van der Waals surface area contributed by atoms with Gasteiger partial charge in [0.25, 0.3) is 5.91 Å². The molecule has 158 valence electrons. The number of methoxy groups -OCH3 is 2. The van der Waals surface area contributed by atoms with Gasteiger partial charge in [0.15, 0.2) is 11.5 Å². The summed E-state index contributed by atoms with van der Waals surface area (Å²) in [4.78, 5) is 28.9. The van der Waals surface area contributed by atoms with Gasteiger partial charge in [-0.1, -0.05) is 31.2 Å². The van der Waals surface area contributed by atoms with Crippen LogP contribution < -0.4 is 14.8 Å². The average Bonchev–Trinajstić information content (AvgIpc) is 2.78. The Bertz CT molecular complexity index is 987. The van der Waals surface area contributed by atoms with Crippen molar-refractivity contribution in [1.29, 1.82) is 0 Å². The molecule has 2 aliphatic heterocycles. The number of fused-ring (bicyclic) bond motifs is 4. The Kier molecular flexibility index (Phi) is 5.41. The van der Waals surface area contributed by atoms with Crippen LogP contribution in [-0.4, -0.2) is 43.5 Å². The first kappa shape index (κ1) is 20.3. The van der Waals surface area contributed by atoms with Gasteiger partial charge in [-0.2, -0.15) is 0 Å². The quantitative estimate of drug-likeness (QED) is 0.823. The minimum Gasteiger partial charge on any atom is -0.493 e. The maximum atomic E-state index is 13.5. The summed E-state index contributed by atoms with van der Waals surface area (Å²) in [7, 11) is 3.11. The molecule has 3 unspecified atom stereocenters. The van der Waals surface area contributed by atoms with Gasteiger partial charge < -0.3 is 19.7 Å². The maximum absolute atomic E-state index is 13.5. The van der Waals surface area contributed by atoms with Crippen LogP contribution in [0.1, 0.15) is 59.3 Å². The molecule has 30 heavy (non-hydrogen) atoms. The van der Waals surface area contributed by atoms with Crippen molar-refractivity contribution in [3.63, 3.8) is 0 Å². The van der Waals surface area contributed by atoms with Gasteiger partial charge in [-0.3, -0.25) is 9.59 Å². The summed E-state index contributed by atoms with van der Waals surface area (Å²) in [5.41, 5.74) is 3.43. The first-order chi connectivity index (χ1) is 14.5. The van der Waals surface area contributed by atoms with Crippen molar-refractivity contribution in [3.05, 3.63) is 58.7 Å². The lowest BCUT2D eigenvalue weighted by Gasteiger charge is -2.45. The van der Waals surface area contributed by atoms with Gasteiger partial charge in [-0.25, -0.2) is 0 Å². The van der Waals surface area contributed by atoms with E-state index in [9.17, 15) is 9.59 Å². The minimum absolute atomic E-state index is 0.0472. The van der Waals surface area contributed by atoms with Gasteiger partial charge in [-0.05, 0) is 48.6 Å². The lowest BCUT2D eigenvalue weighted by Crippen LogP contribution is -2.51. The van der Waals surface area contributed by atoms with Crippen molar-refractivity contribution in [2.45, 2.75) is 44.7 Å². The van der Waals surface area contributed by atoms with Crippen LogP contribution in [0.15, 0.2) is 36.4 Å². The lowest BCUT2D eigenvalue weighted by atomic mass is 9.75. The maximum Gasteiger partial charge on any atom is 0.254 e. The number of ether oxygens (including phenoxy) is 2. The minimum atomic E-state index is -0.520. The van der Waals surface area contributed by atoms with E-state index in [1.165, 1.54) is 5.56 Å². The standard InChI is InChI=1S/C24H28N2O4/c1-5-14(2)25-23(27)21-17-12-19(29-3)20(30-4)13-18(17)24(28)26-11-10-15-8-6-7-9-16(15)22(21)26/h6-9,12-14,21-22H,5,10-11H2,1-4H3,(H,25,27). The number of nitrogens with one attached hydrogen (secondary N) is 1. The van der Waals surface area contributed by atoms with Crippen molar-refractivity contribution >= 4 is 11.8 Å². The van der Waals surface area contributed by atoms with Crippen molar-refractivity contribution in [2.75, 3.05) is 20.8 Å². The molecule has 6 heteroatoms. The van der Waals surface area contributed by atoms with Crippen molar-refractivity contribution < 1.29 is 19.1 Å². The smallest absolute Gasteiger partial charge is 0.254 e. The number of carbonyl (C=O) groups is 2. The first-order valence-electron chi connectivity index (χ1n) is 10.4. The molecule has 2 aromatic carbocycles. The number of benzene rings is 2. The highest BCUT2D eigenvalue weighted by molar-refractivity contribution is 6.02. The molecule has 0 bridgehead atoms. The van der Waals surface area contributed by atoms with Gasteiger partial charge in [-0.15, -0.1) is 0 Å². The number of nitrogens with zero attached hydrogens (tertiary/aromatic N) is 1. The molecule has 0 fully saturated rings. The molecule has 3 atom stereocenters. The zero-order valence-electron chi connectivity index (χ0n) is 17.9. The second-order valence-corrected chi connectivity index (χ2v) is 7.98. The van der Waals surface area contributed by atoms with Gasteiger partial charge in [0.05, 0.1) is 26.2 Å². The molecule has 2 aromatic rings. The van der Waals surface area contributed by atoms with E-state index in [4.69, 9.17) is 9.47 Å². The Hall–Kier alpha value is -3.02. The van der Waals surface area contributed by atoms with E-state index < -0.39 is 5.92 Å². The molecule has 4 rings (SSSR count). The molecule has 1 N–H and O–H groups in total. The molecular weight excluding hydrogens is 380 g/mol. The summed E-state index contributed by atoms with van der Waals surface area (Å²) in [5.74, 6) is 0.340. The Labute approximate surface area is 177 Å². The summed E-state index contributed by atoms with van der Waals surface area (Å²) >= 11 is 0. The summed E-state index contributed by atoms with van der Waals surface area (Å²) in [5, 5.41) is 3.14. The third-order valence-corrected chi connectivity index (χ3v) is 6.31. The second kappa shape index (κ2) is 8.01. The van der Waals surface area contributed by atoms with E-state index in [1.54, 1.807) is 26.4 Å². The topological polar surface area (TPSA) is 67.9 Å². The Morgan fingerprint density at radius 3 is 2.57 bits per heavy atom. The van der Waals surface area contributed by atoms with Gasteiger partial charge in [0.1, 0.15) is 0 Å². The normalized spacial score (nSPS) is 20.5. The third-order valence-electron chi connectivity index (χ3n) is 6.31. The molecule has 0 aromatic heterocycles. The SMILES string of the molecule is CCC(C)NC(=O)C1c2cc(OC)c(OC)cc2C(=O)N2CCc3ccccc3C12. The van der Waals surface area contributed by atoms with Crippen LogP contribution in [0.5, 0.6) is 11.5 Å². The molecule has 0 saturated heterocycles. The number of hydrogen-bond donors (Lipinski definition) is 1. The highest BCUT2D eigenvalue weighted by atomic mass is 16.5. The Morgan fingerprint density at radius 1 is 1.17 bits per heavy atom. The molecule has 0 aliphatic carbocycles. The number of rotatable bonds is 5. The fourth-order valence-corrected chi connectivity index (χ4v) is 4.57. The zero-order valence-corrected chi connectivity index (χ0v) is 17.9. The van der Waals surface area contributed by atoms with Crippen LogP contribution in [0, 0.1) is 0 Å². The van der Waals surface area contributed by atoms with E-state index in [0.717, 1.165) is 18.4 Å². The Balaban J connectivity index is 1.92. The molecule has 0 saturated carbocycles. The molecule has 2 amide bonds. The number of carbonyl (C=O) groups excluding carboxylic acids is 2. The van der Waals surface area contributed by atoms with Crippen LogP contribution in [0.3, 0.4) is 0 Å². The summed E-state index contributed by atoms with van der Waals surface area (Å²) in [6, 6.07) is 11.3. The summed E-state index contributed by atoms with van der Waals surface area (Å²) in [6.45, 7) is 4.62. The van der Waals surface area contributed by atoms with Gasteiger partial charge in [0.2, 0.25) is 5.91 Å². The van der Waals surface area contributed by atoms with Crippen LogP contribution in [0.2, 0.25) is 0 Å². The largest absolute Gasteiger partial charge is 0.493 e. The highest BCUT2D eigenvalue weighted by Gasteiger charge is 2.47. The van der Waals surface area contributed by atoms with Crippen LogP contribution >= 0.6 is 0 Å². The summed E-state index contributed by atoms with van der Waals surface area (Å²) < 4.78 is 10.9. The molecular formula is C24H28N2O4. The van der Waals surface area contributed by atoms with Gasteiger partial charge in [0, 0.05) is 18.2 Å². The van der Waals surface area contributed by atoms with Crippen LogP contribution in [0.4, 0.5) is 0 Å². The fourth-order valence-electron chi connectivity index (χ4n) is 4.57. The molecule has 0 radical (unpaired) electrons. The first-order valence-corrected chi connectivity index (χ1v) is 10.4. The van der Waals surface area contributed by atoms with Crippen molar-refractivity contribution in [3.8, 4) is 11.5 Å². The Morgan fingerprint density at radius 2 is 1.87 bits per heavy atom. The summed E-state index contributed by atoms with van der Waals surface area (Å²) in [6.07, 6.45) is 1.61. The van der Waals surface area contributed by atoms with E-state index >= 15 is 0 Å². The van der Waals surface area contributed by atoms with E-state index in [0.29, 0.717) is 29.2 Å². The predicted molar refractivity (Wildman–Crippen MR) is 114 cm³/mol. The third kappa shape index (κ3) is 3.20. The van der Waals surface area contributed by atoms with Crippen molar-refractivity contribution in [2.24, 2.45) is 0 Å². The molecule has 2 aliphatic rings. The highest BCUT2D eigenvalue weighted by Crippen LogP contribution is 2.48. The van der Waals surface area contributed by atoms with Crippen LogP contribution in [0.25, 0.3) is 0 Å². The number of hydrogen-bond acceptors (Lipinski definition) is 4. The van der Waals surface area contributed by atoms with Gasteiger partial charge >= 0.3 is 0 Å². The predicted octanol–water partition coefficient (Wildman–Crippen LogP) is 3.46. The van der Waals surface area contributed by atoms with E-state index in [1.807, 2.05) is 36.9 Å². The zero-order chi connectivity index (χ0) is 21.4. The van der Waals surface area contributed by atoms with E-state index in [2.05, 4.69) is 11.4 Å². The van der Waals surface area contributed by atoms with Crippen LogP contribution in [-0.2, 0) is 11.2 Å². The molecule has 0 spiro atoms.